The van der Waals surface area contributed by atoms with Crippen LogP contribution in [0.15, 0.2) is 36.7 Å². The quantitative estimate of drug-likeness (QED) is 0.781. The van der Waals surface area contributed by atoms with E-state index in [0.717, 1.165) is 31.9 Å². The van der Waals surface area contributed by atoms with E-state index in [1.165, 1.54) is 11.1 Å². The Morgan fingerprint density at radius 3 is 2.55 bits per heavy atom. The second-order valence-corrected chi connectivity index (χ2v) is 5.21. The molecule has 1 saturated heterocycles. The Morgan fingerprint density at radius 1 is 1.15 bits per heavy atom. The largest absolute Gasteiger partial charge is 0.726 e. The van der Waals surface area contributed by atoms with Gasteiger partial charge in [0, 0.05) is 13.2 Å². The highest BCUT2D eigenvalue weighted by molar-refractivity contribution is 6.34. The summed E-state index contributed by atoms with van der Waals surface area (Å²) in [7, 11) is 1.72. The first-order chi connectivity index (χ1) is 9.77. The molecule has 0 spiro atoms. The van der Waals surface area contributed by atoms with Gasteiger partial charge in [-0.05, 0) is 31.4 Å². The average molecular weight is 271 g/mol. The molecule has 1 fully saturated rings. The predicted octanol–water partition coefficient (Wildman–Crippen LogP) is 1.95. The monoisotopic (exact) mass is 271 g/mol. The van der Waals surface area contributed by atoms with Crippen LogP contribution in [0.5, 0.6) is 0 Å². The molecule has 0 atom stereocenters. The molecule has 0 aliphatic carbocycles. The third-order valence-electron chi connectivity index (χ3n) is 3.70. The molecule has 2 heterocycles. The minimum absolute atomic E-state index is 0.326. The van der Waals surface area contributed by atoms with Gasteiger partial charge in [-0.3, -0.25) is 0 Å². The Balaban J connectivity index is 2.03. The van der Waals surface area contributed by atoms with Gasteiger partial charge in [0.25, 0.3) is 5.82 Å². The first-order valence-electron chi connectivity index (χ1n) is 7.13. The highest BCUT2D eigenvalue weighted by Crippen LogP contribution is 2.20. The number of aromatic nitrogens is 2. The molecular weight excluding hydrogens is 251 g/mol. The summed E-state index contributed by atoms with van der Waals surface area (Å²) in [5, 5.41) is 0. The van der Waals surface area contributed by atoms with Gasteiger partial charge >= 0.3 is 7.25 Å². The van der Waals surface area contributed by atoms with Gasteiger partial charge in [-0.2, -0.15) is 0 Å². The third kappa shape index (κ3) is 2.51. The fraction of sp³-hybridized carbons (Fsp3) is 0.400. The van der Waals surface area contributed by atoms with E-state index >= 15 is 0 Å². The zero-order valence-corrected chi connectivity index (χ0v) is 12.1. The zero-order chi connectivity index (χ0) is 13.9. The number of benzene rings is 1. The van der Waals surface area contributed by atoms with Crippen LogP contribution in [0.1, 0.15) is 18.4 Å². The maximum atomic E-state index is 5.83. The maximum absolute atomic E-state index is 5.83. The van der Waals surface area contributed by atoms with Crippen molar-refractivity contribution in [2.75, 3.05) is 13.2 Å². The van der Waals surface area contributed by atoms with Crippen molar-refractivity contribution in [2.45, 2.75) is 19.8 Å². The fourth-order valence-corrected chi connectivity index (χ4v) is 2.60. The molecule has 0 saturated carbocycles. The summed E-state index contributed by atoms with van der Waals surface area (Å²) in [4.78, 5) is 0. The molecule has 0 amide bonds. The Bertz CT molecular complexity index is 589. The minimum atomic E-state index is -0.326. The summed E-state index contributed by atoms with van der Waals surface area (Å²) in [5.74, 6) is 1.11. The van der Waals surface area contributed by atoms with Crippen molar-refractivity contribution < 1.29 is 13.8 Å². The molecule has 4 nitrogen and oxygen atoms in total. The molecule has 5 heteroatoms. The molecule has 0 radical (unpaired) electrons. The highest BCUT2D eigenvalue weighted by atomic mass is 16.6. The Hall–Kier alpha value is -1.59. The van der Waals surface area contributed by atoms with Gasteiger partial charge in [-0.15, -0.1) is 0 Å². The molecule has 104 valence electrons. The summed E-state index contributed by atoms with van der Waals surface area (Å²) in [6, 6.07) is 8.39. The van der Waals surface area contributed by atoms with Gasteiger partial charge < -0.3 is 9.31 Å². The van der Waals surface area contributed by atoms with Gasteiger partial charge in [0.15, 0.2) is 0 Å². The molecule has 1 aromatic heterocycles. The number of hydrogen-bond acceptors (Lipinski definition) is 2. The van der Waals surface area contributed by atoms with Crippen LogP contribution in [0.3, 0.4) is 0 Å². The van der Waals surface area contributed by atoms with Gasteiger partial charge in [0.1, 0.15) is 12.4 Å². The molecule has 2 aromatic rings. The molecule has 0 unspecified atom stereocenters. The standard InChI is InChI=1S/C15H20BN2O2/c1-13-7-3-4-8-14(13)15-17(2)9-10-18(15)16-19-11-5-6-12-20-16/h3-4,7-10H,5-6,11-12H2,1-2H3/q+1. The minimum Gasteiger partial charge on any atom is -0.370 e. The first-order valence-corrected chi connectivity index (χ1v) is 7.13. The Labute approximate surface area is 120 Å². The Kier molecular flexibility index (Phi) is 3.89. The molecule has 0 N–H and O–H groups in total. The number of imidazole rings is 1. The van der Waals surface area contributed by atoms with E-state index < -0.39 is 0 Å². The smallest absolute Gasteiger partial charge is 0.370 e. The normalized spacial score (nSPS) is 16.2. The molecular formula is C15H20BN2O2+. The van der Waals surface area contributed by atoms with E-state index in [-0.39, 0.29) is 7.25 Å². The van der Waals surface area contributed by atoms with E-state index in [0.29, 0.717) is 0 Å². The van der Waals surface area contributed by atoms with Crippen LogP contribution in [-0.2, 0) is 16.4 Å². The van der Waals surface area contributed by atoms with Gasteiger partial charge in [-0.25, -0.2) is 9.05 Å². The van der Waals surface area contributed by atoms with Crippen LogP contribution in [-0.4, -0.2) is 25.0 Å². The zero-order valence-electron chi connectivity index (χ0n) is 12.1. The lowest BCUT2D eigenvalue weighted by Crippen LogP contribution is -2.55. The van der Waals surface area contributed by atoms with Crippen molar-refractivity contribution in [1.29, 1.82) is 0 Å². The molecule has 1 aliphatic heterocycles. The maximum Gasteiger partial charge on any atom is 0.726 e. The topological polar surface area (TPSA) is 27.3 Å². The van der Waals surface area contributed by atoms with Crippen LogP contribution in [0.2, 0.25) is 0 Å². The first kappa shape index (κ1) is 13.4. The van der Waals surface area contributed by atoms with Crippen LogP contribution in [0, 0.1) is 6.92 Å². The predicted molar refractivity (Wildman–Crippen MR) is 78.1 cm³/mol. The number of nitrogens with zero attached hydrogens (tertiary/aromatic N) is 2. The van der Waals surface area contributed by atoms with Crippen molar-refractivity contribution in [3.63, 3.8) is 0 Å². The van der Waals surface area contributed by atoms with Gasteiger partial charge in [-0.1, -0.05) is 18.2 Å². The number of rotatable bonds is 2. The van der Waals surface area contributed by atoms with Crippen LogP contribution in [0.4, 0.5) is 0 Å². The average Bonchev–Trinajstić information content (AvgIpc) is 2.67. The molecule has 0 bridgehead atoms. The third-order valence-corrected chi connectivity index (χ3v) is 3.70. The molecule has 1 aromatic carbocycles. The van der Waals surface area contributed by atoms with E-state index in [1.54, 1.807) is 0 Å². The number of aryl methyl sites for hydroxylation is 2. The summed E-state index contributed by atoms with van der Waals surface area (Å²) in [5.41, 5.74) is 2.45. The second-order valence-electron chi connectivity index (χ2n) is 5.21. The van der Waals surface area contributed by atoms with Crippen molar-refractivity contribution in [3.8, 4) is 11.4 Å². The van der Waals surface area contributed by atoms with Crippen LogP contribution in [0.25, 0.3) is 11.4 Å². The van der Waals surface area contributed by atoms with Crippen LogP contribution < -0.4 is 4.48 Å². The second kappa shape index (κ2) is 5.81. The van der Waals surface area contributed by atoms with Gasteiger partial charge in [0.2, 0.25) is 0 Å². The molecule has 1 aliphatic rings. The van der Waals surface area contributed by atoms with E-state index in [9.17, 15) is 0 Å². The molecule has 3 rings (SSSR count). The lowest BCUT2D eigenvalue weighted by atomic mass is 10.0. The summed E-state index contributed by atoms with van der Waals surface area (Å²) >= 11 is 0. The van der Waals surface area contributed by atoms with Crippen molar-refractivity contribution in [2.24, 2.45) is 7.05 Å². The lowest BCUT2D eigenvalue weighted by Gasteiger charge is -2.10. The summed E-state index contributed by atoms with van der Waals surface area (Å²) < 4.78 is 15.9. The fourth-order valence-electron chi connectivity index (χ4n) is 2.60. The Morgan fingerprint density at radius 2 is 1.85 bits per heavy atom. The van der Waals surface area contributed by atoms with E-state index in [1.807, 2.05) is 12.4 Å². The SMILES string of the molecule is Cc1ccccc1-c1n(C)cc[n+]1B1OCCCCO1. The lowest BCUT2D eigenvalue weighted by molar-refractivity contribution is -0.552. The highest BCUT2D eigenvalue weighted by Gasteiger charge is 2.36. The molecule has 20 heavy (non-hydrogen) atoms. The summed E-state index contributed by atoms with van der Waals surface area (Å²) in [6.07, 6.45) is 6.18. The van der Waals surface area contributed by atoms with Crippen molar-refractivity contribution >= 4 is 7.25 Å². The summed E-state index contributed by atoms with van der Waals surface area (Å²) in [6.45, 7) is 3.63. The van der Waals surface area contributed by atoms with E-state index in [2.05, 4.69) is 47.3 Å². The van der Waals surface area contributed by atoms with Gasteiger partial charge in [0.05, 0.1) is 12.6 Å². The number of hydrogen-bond donors (Lipinski definition) is 0. The van der Waals surface area contributed by atoms with E-state index in [4.69, 9.17) is 9.31 Å². The van der Waals surface area contributed by atoms with Crippen molar-refractivity contribution in [3.05, 3.63) is 42.2 Å². The van der Waals surface area contributed by atoms with Crippen molar-refractivity contribution in [1.82, 2.24) is 4.57 Å². The van der Waals surface area contributed by atoms with Crippen LogP contribution >= 0.6 is 0 Å².